The van der Waals surface area contributed by atoms with Gasteiger partial charge >= 0.3 is 5.97 Å². The highest BCUT2D eigenvalue weighted by molar-refractivity contribution is 5.88. The molecule has 0 spiro atoms. The van der Waals surface area contributed by atoms with E-state index in [1.807, 2.05) is 30.3 Å². The Labute approximate surface area is 148 Å². The van der Waals surface area contributed by atoms with Gasteiger partial charge in [-0.05, 0) is 33.3 Å². The Hall–Kier alpha value is -2.21. The lowest BCUT2D eigenvalue weighted by molar-refractivity contribution is -0.156. The number of aliphatic hydroxyl groups excluding tert-OH is 1. The van der Waals surface area contributed by atoms with Gasteiger partial charge in [-0.3, -0.25) is 14.4 Å². The normalized spacial score (nSPS) is 12.4. The van der Waals surface area contributed by atoms with E-state index >= 15 is 0 Å². The predicted molar refractivity (Wildman–Crippen MR) is 93.6 cm³/mol. The summed E-state index contributed by atoms with van der Waals surface area (Å²) in [4.78, 5) is 37.5. The average molecular weight is 349 g/mol. The summed E-state index contributed by atoms with van der Waals surface area (Å²) in [6.07, 6.45) is -0.150. The molecule has 1 N–H and O–H groups in total. The minimum absolute atomic E-state index is 0.0720. The number of carbonyl (C=O) groups is 3. The molecule has 1 atom stereocenters. The maximum Gasteiger partial charge on any atom is 0.306 e. The standard InChI is InChI=1S/C19H27NO5/c1-14(22)16(13-21)20(12-15-8-6-5-7-9-15)17(23)10-11-18(24)25-19(2,3)4/h5-9,16,21H,10-13H2,1-4H3/t16-/m0/s1. The van der Waals surface area contributed by atoms with Gasteiger partial charge in [-0.25, -0.2) is 0 Å². The number of benzene rings is 1. The van der Waals surface area contributed by atoms with Crippen molar-refractivity contribution < 1.29 is 24.2 Å². The monoisotopic (exact) mass is 349 g/mol. The van der Waals surface area contributed by atoms with Crippen LogP contribution in [0.3, 0.4) is 0 Å². The SMILES string of the molecule is CC(=O)[C@H](CO)N(Cc1ccccc1)C(=O)CCC(=O)OC(C)(C)C. The summed E-state index contributed by atoms with van der Waals surface area (Å²) in [6, 6.07) is 8.27. The van der Waals surface area contributed by atoms with Gasteiger partial charge in [0, 0.05) is 13.0 Å². The number of esters is 1. The predicted octanol–water partition coefficient (Wildman–Crippen LogP) is 2.09. The Morgan fingerprint density at radius 3 is 2.20 bits per heavy atom. The maximum absolute atomic E-state index is 12.6. The van der Waals surface area contributed by atoms with Gasteiger partial charge in [-0.15, -0.1) is 0 Å². The van der Waals surface area contributed by atoms with Crippen LogP contribution in [-0.2, 0) is 25.7 Å². The number of carbonyl (C=O) groups excluding carboxylic acids is 3. The van der Waals surface area contributed by atoms with E-state index in [1.165, 1.54) is 11.8 Å². The molecule has 0 heterocycles. The van der Waals surface area contributed by atoms with Crippen molar-refractivity contribution in [1.82, 2.24) is 4.90 Å². The summed E-state index contributed by atoms with van der Waals surface area (Å²) in [5, 5.41) is 9.52. The molecule has 1 amide bonds. The third kappa shape index (κ3) is 7.47. The van der Waals surface area contributed by atoms with Crippen molar-refractivity contribution in [3.05, 3.63) is 35.9 Å². The third-order valence-corrected chi connectivity index (χ3v) is 3.50. The van der Waals surface area contributed by atoms with Gasteiger partial charge in [0.1, 0.15) is 11.6 Å². The van der Waals surface area contributed by atoms with Crippen molar-refractivity contribution >= 4 is 17.7 Å². The van der Waals surface area contributed by atoms with Crippen LogP contribution in [0.15, 0.2) is 30.3 Å². The first-order chi connectivity index (χ1) is 11.6. The van der Waals surface area contributed by atoms with Crippen molar-refractivity contribution in [3.63, 3.8) is 0 Å². The molecule has 1 rings (SSSR count). The van der Waals surface area contributed by atoms with E-state index in [0.717, 1.165) is 5.56 Å². The van der Waals surface area contributed by atoms with Crippen LogP contribution < -0.4 is 0 Å². The van der Waals surface area contributed by atoms with Crippen molar-refractivity contribution in [2.24, 2.45) is 0 Å². The molecule has 0 aliphatic carbocycles. The fraction of sp³-hybridized carbons (Fsp3) is 0.526. The van der Waals surface area contributed by atoms with Crippen molar-refractivity contribution in [1.29, 1.82) is 0 Å². The molecule has 0 aliphatic rings. The lowest BCUT2D eigenvalue weighted by Crippen LogP contribution is -2.46. The van der Waals surface area contributed by atoms with Crippen LogP contribution in [0.2, 0.25) is 0 Å². The second-order valence-electron chi connectivity index (χ2n) is 6.90. The molecule has 25 heavy (non-hydrogen) atoms. The number of ether oxygens (including phenoxy) is 1. The first-order valence-corrected chi connectivity index (χ1v) is 8.30. The van der Waals surface area contributed by atoms with Crippen LogP contribution >= 0.6 is 0 Å². The first-order valence-electron chi connectivity index (χ1n) is 8.30. The Morgan fingerprint density at radius 1 is 1.12 bits per heavy atom. The molecule has 0 radical (unpaired) electrons. The van der Waals surface area contributed by atoms with Crippen LogP contribution in [0.5, 0.6) is 0 Å². The molecule has 0 aliphatic heterocycles. The van der Waals surface area contributed by atoms with Crippen LogP contribution in [-0.4, -0.2) is 45.9 Å². The van der Waals surface area contributed by atoms with Gasteiger partial charge < -0.3 is 14.7 Å². The molecule has 0 aromatic heterocycles. The minimum atomic E-state index is -0.925. The van der Waals surface area contributed by atoms with Crippen LogP contribution in [0.4, 0.5) is 0 Å². The number of amides is 1. The minimum Gasteiger partial charge on any atom is -0.460 e. The lowest BCUT2D eigenvalue weighted by atomic mass is 10.1. The van der Waals surface area contributed by atoms with E-state index in [-0.39, 0.29) is 31.1 Å². The van der Waals surface area contributed by atoms with Gasteiger partial charge in [0.15, 0.2) is 5.78 Å². The zero-order valence-electron chi connectivity index (χ0n) is 15.3. The molecule has 1 aromatic carbocycles. The molecule has 0 bridgehead atoms. The van der Waals surface area contributed by atoms with Gasteiger partial charge in [0.2, 0.25) is 5.91 Å². The van der Waals surface area contributed by atoms with Crippen LogP contribution in [0, 0.1) is 0 Å². The van der Waals surface area contributed by atoms with E-state index in [9.17, 15) is 19.5 Å². The highest BCUT2D eigenvalue weighted by Crippen LogP contribution is 2.14. The van der Waals surface area contributed by atoms with Gasteiger partial charge in [-0.1, -0.05) is 30.3 Å². The quantitative estimate of drug-likeness (QED) is 0.727. The molecule has 1 aromatic rings. The number of rotatable bonds is 8. The van der Waals surface area contributed by atoms with Crippen molar-refractivity contribution in [2.45, 2.75) is 58.7 Å². The third-order valence-electron chi connectivity index (χ3n) is 3.50. The maximum atomic E-state index is 12.6. The summed E-state index contributed by atoms with van der Waals surface area (Å²) < 4.78 is 5.19. The lowest BCUT2D eigenvalue weighted by Gasteiger charge is -2.29. The molecule has 6 heteroatoms. The number of Topliss-reactive ketones (excluding diaryl/α,β-unsaturated/α-hetero) is 1. The van der Waals surface area contributed by atoms with E-state index in [4.69, 9.17) is 4.74 Å². The summed E-state index contributed by atoms with van der Waals surface area (Å²) >= 11 is 0. The smallest absolute Gasteiger partial charge is 0.306 e. The number of aliphatic hydroxyl groups is 1. The Balaban J connectivity index is 2.82. The molecule has 6 nitrogen and oxygen atoms in total. The summed E-state index contributed by atoms with van der Waals surface area (Å²) in [6.45, 7) is 6.34. The number of hydrogen-bond acceptors (Lipinski definition) is 5. The molecule has 0 fully saturated rings. The first kappa shape index (κ1) is 20.8. The Morgan fingerprint density at radius 2 is 1.72 bits per heavy atom. The Bertz CT molecular complexity index is 592. The van der Waals surface area contributed by atoms with Crippen molar-refractivity contribution in [3.8, 4) is 0 Å². The highest BCUT2D eigenvalue weighted by Gasteiger charge is 2.27. The van der Waals surface area contributed by atoms with E-state index in [2.05, 4.69) is 0 Å². The van der Waals surface area contributed by atoms with E-state index in [1.54, 1.807) is 20.8 Å². The van der Waals surface area contributed by atoms with Gasteiger partial charge in [0.25, 0.3) is 0 Å². The molecule has 0 saturated carbocycles. The van der Waals surface area contributed by atoms with E-state index in [0.29, 0.717) is 0 Å². The topological polar surface area (TPSA) is 83.9 Å². The van der Waals surface area contributed by atoms with E-state index < -0.39 is 24.2 Å². The highest BCUT2D eigenvalue weighted by atomic mass is 16.6. The number of ketones is 1. The molecule has 0 saturated heterocycles. The second kappa shape index (κ2) is 9.32. The average Bonchev–Trinajstić information content (AvgIpc) is 2.51. The molecule has 0 unspecified atom stereocenters. The summed E-state index contributed by atoms with van der Waals surface area (Å²) in [5.41, 5.74) is 0.226. The fourth-order valence-corrected chi connectivity index (χ4v) is 2.34. The van der Waals surface area contributed by atoms with Crippen molar-refractivity contribution in [2.75, 3.05) is 6.61 Å². The summed E-state index contributed by atoms with van der Waals surface area (Å²) in [5.74, 6) is -1.14. The van der Waals surface area contributed by atoms with Crippen LogP contribution in [0.1, 0.15) is 46.1 Å². The van der Waals surface area contributed by atoms with Gasteiger partial charge in [0.05, 0.1) is 13.0 Å². The molecule has 138 valence electrons. The van der Waals surface area contributed by atoms with Gasteiger partial charge in [-0.2, -0.15) is 0 Å². The second-order valence-corrected chi connectivity index (χ2v) is 6.90. The summed E-state index contributed by atoms with van der Waals surface area (Å²) in [7, 11) is 0. The van der Waals surface area contributed by atoms with Crippen LogP contribution in [0.25, 0.3) is 0 Å². The molecular formula is C19H27NO5. The zero-order chi connectivity index (χ0) is 19.0. The molecular weight excluding hydrogens is 322 g/mol. The zero-order valence-corrected chi connectivity index (χ0v) is 15.3. The Kier molecular flexibility index (Phi) is 7.77. The fourth-order valence-electron chi connectivity index (χ4n) is 2.34. The number of nitrogens with zero attached hydrogens (tertiary/aromatic N) is 1. The number of hydrogen-bond donors (Lipinski definition) is 1. The largest absolute Gasteiger partial charge is 0.460 e.